The molecule has 0 aliphatic rings. The van der Waals surface area contributed by atoms with Crippen molar-refractivity contribution >= 4 is 26.0 Å². The number of hydrogen-bond acceptors (Lipinski definition) is 3. The van der Waals surface area contributed by atoms with Crippen molar-refractivity contribution in [2.24, 2.45) is 0 Å². The normalized spacial score (nSPS) is 14.9. The summed E-state index contributed by atoms with van der Waals surface area (Å²) in [5.41, 5.74) is 0.454. The number of nitrogens with zero attached hydrogens (tertiary/aromatic N) is 1. The lowest BCUT2D eigenvalue weighted by Gasteiger charge is -2.28. The smallest absolute Gasteiger partial charge is 0.244 e. The van der Waals surface area contributed by atoms with E-state index in [1.54, 1.807) is 13.8 Å². The topological polar surface area (TPSA) is 74.8 Å². The van der Waals surface area contributed by atoms with Gasteiger partial charge in [0.1, 0.15) is 4.90 Å². The second kappa shape index (κ2) is 4.70. The molecule has 1 unspecified atom stereocenters. The highest BCUT2D eigenvalue weighted by Gasteiger charge is 2.32. The molecule has 5 nitrogen and oxygen atoms in total. The number of rotatable bonds is 4. The van der Waals surface area contributed by atoms with Gasteiger partial charge in [0, 0.05) is 10.4 Å². The molecule has 0 radical (unpaired) electrons. The maximum Gasteiger partial charge on any atom is 0.244 e. The zero-order chi connectivity index (χ0) is 13.4. The largest absolute Gasteiger partial charge is 0.281 e. The van der Waals surface area contributed by atoms with Crippen molar-refractivity contribution in [3.8, 4) is 0 Å². The van der Waals surface area contributed by atoms with E-state index in [9.17, 15) is 8.42 Å². The molecule has 1 atom stereocenters. The van der Waals surface area contributed by atoms with Crippen molar-refractivity contribution in [2.45, 2.75) is 49.9 Å². The molecule has 0 amide bonds. The molecule has 0 aromatic carbocycles. The Bertz CT molecular complexity index is 486. The Morgan fingerprint density at radius 3 is 2.29 bits per heavy atom. The molecule has 7 heteroatoms. The van der Waals surface area contributed by atoms with Crippen LogP contribution in [0.2, 0.25) is 0 Å². The molecule has 1 rings (SSSR count). The lowest BCUT2D eigenvalue weighted by molar-refractivity contribution is 0.453. The molecule has 17 heavy (non-hydrogen) atoms. The molecule has 0 spiro atoms. The predicted octanol–water partition coefficient (Wildman–Crippen LogP) is 1.87. The first-order chi connectivity index (χ1) is 7.58. The van der Waals surface area contributed by atoms with E-state index in [1.807, 2.05) is 20.8 Å². The lowest BCUT2D eigenvalue weighted by atomic mass is 10.0. The van der Waals surface area contributed by atoms with E-state index < -0.39 is 15.6 Å². The number of nitrogens with one attached hydrogen (secondary N) is 2. The van der Waals surface area contributed by atoms with E-state index in [2.05, 4.69) is 30.8 Å². The molecule has 0 bridgehead atoms. The summed E-state index contributed by atoms with van der Waals surface area (Å²) in [5, 5.41) is 6.58. The van der Waals surface area contributed by atoms with E-state index in [1.165, 1.54) is 0 Å². The summed E-state index contributed by atoms with van der Waals surface area (Å²) in [6, 6.07) is 0. The number of H-pyrrole nitrogens is 1. The van der Waals surface area contributed by atoms with Crippen LogP contribution in [0, 0.1) is 13.8 Å². The molecule has 98 valence electrons. The highest BCUT2D eigenvalue weighted by molar-refractivity contribution is 9.09. The minimum Gasteiger partial charge on any atom is -0.281 e. The first-order valence-corrected chi connectivity index (χ1v) is 7.67. The Morgan fingerprint density at radius 1 is 1.41 bits per heavy atom. The zero-order valence-electron chi connectivity index (χ0n) is 10.6. The van der Waals surface area contributed by atoms with Gasteiger partial charge in [-0.1, -0.05) is 22.9 Å². The third-order valence-electron chi connectivity index (χ3n) is 2.72. The first-order valence-electron chi connectivity index (χ1n) is 5.27. The van der Waals surface area contributed by atoms with Crippen LogP contribution in [0.1, 0.15) is 32.2 Å². The van der Waals surface area contributed by atoms with E-state index in [-0.39, 0.29) is 9.72 Å². The van der Waals surface area contributed by atoms with Gasteiger partial charge in [0.05, 0.1) is 11.4 Å². The van der Waals surface area contributed by atoms with Crippen molar-refractivity contribution in [1.29, 1.82) is 0 Å². The van der Waals surface area contributed by atoms with Gasteiger partial charge in [-0.3, -0.25) is 5.10 Å². The third kappa shape index (κ3) is 3.08. The van der Waals surface area contributed by atoms with E-state index in [4.69, 9.17) is 0 Å². The van der Waals surface area contributed by atoms with Gasteiger partial charge in [0.25, 0.3) is 0 Å². The van der Waals surface area contributed by atoms with Gasteiger partial charge in [-0.15, -0.1) is 0 Å². The number of aryl methyl sites for hydroxylation is 2. The Labute approximate surface area is 111 Å². The van der Waals surface area contributed by atoms with Gasteiger partial charge in [-0.25, -0.2) is 13.1 Å². The Balaban J connectivity index is 3.15. The van der Waals surface area contributed by atoms with Crippen LogP contribution >= 0.6 is 15.9 Å². The van der Waals surface area contributed by atoms with Gasteiger partial charge < -0.3 is 0 Å². The molecule has 0 aliphatic heterocycles. The lowest BCUT2D eigenvalue weighted by Crippen LogP contribution is -2.48. The highest BCUT2D eigenvalue weighted by atomic mass is 79.9. The highest BCUT2D eigenvalue weighted by Crippen LogP contribution is 2.23. The summed E-state index contributed by atoms with van der Waals surface area (Å²) < 4.78 is 27.2. The molecule has 0 fully saturated rings. The fourth-order valence-electron chi connectivity index (χ4n) is 1.42. The van der Waals surface area contributed by atoms with Crippen LogP contribution < -0.4 is 4.72 Å². The van der Waals surface area contributed by atoms with E-state index in [0.717, 1.165) is 0 Å². The third-order valence-corrected chi connectivity index (χ3v) is 5.80. The second-order valence-electron chi connectivity index (χ2n) is 4.71. The number of aromatic amines is 1. The van der Waals surface area contributed by atoms with Crippen molar-refractivity contribution < 1.29 is 8.42 Å². The van der Waals surface area contributed by atoms with Crippen molar-refractivity contribution in [3.63, 3.8) is 0 Å². The Hall–Kier alpha value is -0.400. The average Bonchev–Trinajstić information content (AvgIpc) is 2.44. The minimum absolute atomic E-state index is 0.0114. The number of hydrogen-bond donors (Lipinski definition) is 2. The maximum absolute atomic E-state index is 12.3. The number of alkyl halides is 1. The van der Waals surface area contributed by atoms with Crippen LogP contribution in [0.25, 0.3) is 0 Å². The zero-order valence-corrected chi connectivity index (χ0v) is 13.0. The number of halogens is 1. The van der Waals surface area contributed by atoms with Crippen LogP contribution in [-0.4, -0.2) is 29.0 Å². The van der Waals surface area contributed by atoms with Gasteiger partial charge in [0.2, 0.25) is 10.0 Å². The summed E-state index contributed by atoms with van der Waals surface area (Å²) in [6.45, 7) is 8.92. The van der Waals surface area contributed by atoms with Crippen LogP contribution in [-0.2, 0) is 10.0 Å². The van der Waals surface area contributed by atoms with Crippen molar-refractivity contribution in [2.75, 3.05) is 0 Å². The summed E-state index contributed by atoms with van der Waals surface area (Å²) >= 11 is 3.40. The average molecular weight is 324 g/mol. The maximum atomic E-state index is 12.3. The van der Waals surface area contributed by atoms with Gasteiger partial charge >= 0.3 is 0 Å². The second-order valence-corrected chi connectivity index (χ2v) is 7.70. The Kier molecular flexibility index (Phi) is 4.05. The molecule has 0 saturated heterocycles. The van der Waals surface area contributed by atoms with E-state index in [0.29, 0.717) is 11.4 Å². The van der Waals surface area contributed by atoms with Gasteiger partial charge in [-0.2, -0.15) is 5.10 Å². The Morgan fingerprint density at radius 2 is 1.94 bits per heavy atom. The van der Waals surface area contributed by atoms with Gasteiger partial charge in [0.15, 0.2) is 0 Å². The van der Waals surface area contributed by atoms with Gasteiger partial charge in [-0.05, 0) is 27.7 Å². The van der Waals surface area contributed by atoms with E-state index >= 15 is 0 Å². The molecule has 1 aromatic heterocycles. The van der Waals surface area contributed by atoms with Crippen LogP contribution in [0.15, 0.2) is 4.90 Å². The fourth-order valence-corrected chi connectivity index (χ4v) is 3.54. The molecular formula is C10H18BrN3O2S. The monoisotopic (exact) mass is 323 g/mol. The van der Waals surface area contributed by atoms with Crippen LogP contribution in [0.5, 0.6) is 0 Å². The van der Waals surface area contributed by atoms with Crippen molar-refractivity contribution in [1.82, 2.24) is 14.9 Å². The van der Waals surface area contributed by atoms with Crippen LogP contribution in [0.4, 0.5) is 0 Å². The van der Waals surface area contributed by atoms with Crippen LogP contribution in [0.3, 0.4) is 0 Å². The quantitative estimate of drug-likeness (QED) is 0.830. The summed E-state index contributed by atoms with van der Waals surface area (Å²) in [5.74, 6) is 0. The SMILES string of the molecule is Cc1n[nH]c(C)c1S(=O)(=O)NC(C)(C)C(C)Br. The first kappa shape index (κ1) is 14.7. The summed E-state index contributed by atoms with van der Waals surface area (Å²) in [6.07, 6.45) is 0. The molecule has 0 saturated carbocycles. The minimum atomic E-state index is -3.55. The van der Waals surface area contributed by atoms with Crippen molar-refractivity contribution in [3.05, 3.63) is 11.4 Å². The number of aromatic nitrogens is 2. The molecule has 1 heterocycles. The summed E-state index contributed by atoms with van der Waals surface area (Å²) in [4.78, 5) is 0.246. The standard InChI is InChI=1S/C10H18BrN3O2S/c1-6-9(7(2)13-12-6)17(15,16)14-10(4,5)8(3)11/h8,14H,1-5H3,(H,12,13). The molecule has 2 N–H and O–H groups in total. The fraction of sp³-hybridized carbons (Fsp3) is 0.700. The summed E-state index contributed by atoms with van der Waals surface area (Å²) in [7, 11) is -3.55. The number of sulfonamides is 1. The predicted molar refractivity (Wildman–Crippen MR) is 70.9 cm³/mol. The molecule has 1 aromatic rings. The molecule has 0 aliphatic carbocycles. The molecular weight excluding hydrogens is 306 g/mol.